The van der Waals surface area contributed by atoms with Gasteiger partial charge in [0.2, 0.25) is 5.95 Å². The van der Waals surface area contributed by atoms with Gasteiger partial charge < -0.3 is 10.4 Å². The lowest BCUT2D eigenvalue weighted by Gasteiger charge is -1.96. The van der Waals surface area contributed by atoms with E-state index in [0.29, 0.717) is 18.9 Å². The molecule has 2 N–H and O–H groups in total. The zero-order valence-electron chi connectivity index (χ0n) is 8.64. The van der Waals surface area contributed by atoms with Gasteiger partial charge in [-0.1, -0.05) is 6.07 Å². The van der Waals surface area contributed by atoms with E-state index in [1.54, 1.807) is 4.52 Å². The maximum Gasteiger partial charge on any atom is 0.243 e. The fourth-order valence-corrected chi connectivity index (χ4v) is 1.34. The molecule has 5 nitrogen and oxygen atoms in total. The van der Waals surface area contributed by atoms with Crippen molar-refractivity contribution >= 4 is 11.6 Å². The summed E-state index contributed by atoms with van der Waals surface area (Å²) in [7, 11) is 0. The van der Waals surface area contributed by atoms with Crippen LogP contribution in [0.25, 0.3) is 5.65 Å². The molecule has 0 aliphatic heterocycles. The Bertz CT molecular complexity index is 452. The molecular formula is C10H14N4O. The standard InChI is InChI=1S/C10H14N4O/c1-8-3-4-9-12-10(11-5-2-6-15)13-14(9)7-8/h3-4,7,15H,2,5-6H2,1H3,(H,11,13). The van der Waals surface area contributed by atoms with Crippen LogP contribution in [0.5, 0.6) is 0 Å². The third-order valence-electron chi connectivity index (χ3n) is 2.10. The van der Waals surface area contributed by atoms with E-state index >= 15 is 0 Å². The maximum atomic E-state index is 8.63. The van der Waals surface area contributed by atoms with E-state index in [4.69, 9.17) is 5.11 Å². The molecule has 0 aromatic carbocycles. The first kappa shape index (κ1) is 9.92. The number of pyridine rings is 1. The van der Waals surface area contributed by atoms with Gasteiger partial charge in [-0.05, 0) is 25.0 Å². The van der Waals surface area contributed by atoms with Crippen LogP contribution in [-0.4, -0.2) is 32.9 Å². The second-order valence-electron chi connectivity index (χ2n) is 3.45. The number of hydrogen-bond donors (Lipinski definition) is 2. The highest BCUT2D eigenvalue weighted by molar-refractivity contribution is 5.43. The first-order chi connectivity index (χ1) is 7.29. The molecule has 0 bridgehead atoms. The molecule has 0 saturated carbocycles. The summed E-state index contributed by atoms with van der Waals surface area (Å²) in [5.74, 6) is 0.606. The topological polar surface area (TPSA) is 62.5 Å². The Morgan fingerprint density at radius 1 is 1.47 bits per heavy atom. The van der Waals surface area contributed by atoms with Crippen LogP contribution < -0.4 is 5.32 Å². The number of hydrogen-bond acceptors (Lipinski definition) is 4. The predicted octanol–water partition coefficient (Wildman–Crippen LogP) is 0.832. The predicted molar refractivity (Wildman–Crippen MR) is 57.9 cm³/mol. The molecule has 0 spiro atoms. The van der Waals surface area contributed by atoms with E-state index in [1.807, 2.05) is 25.3 Å². The molecule has 2 heterocycles. The molecule has 0 radical (unpaired) electrons. The molecule has 2 aromatic rings. The number of aliphatic hydroxyl groups excluding tert-OH is 1. The molecule has 0 aliphatic rings. The van der Waals surface area contributed by atoms with Gasteiger partial charge in [-0.15, -0.1) is 5.10 Å². The van der Waals surface area contributed by atoms with Gasteiger partial charge in [-0.3, -0.25) is 0 Å². The van der Waals surface area contributed by atoms with E-state index in [2.05, 4.69) is 15.4 Å². The number of anilines is 1. The molecule has 0 amide bonds. The maximum absolute atomic E-state index is 8.63. The summed E-state index contributed by atoms with van der Waals surface area (Å²) in [6, 6.07) is 3.93. The van der Waals surface area contributed by atoms with Crippen molar-refractivity contribution in [2.24, 2.45) is 0 Å². The van der Waals surface area contributed by atoms with Gasteiger partial charge in [0.15, 0.2) is 5.65 Å². The average molecular weight is 206 g/mol. The Labute approximate surface area is 87.8 Å². The fraction of sp³-hybridized carbons (Fsp3) is 0.400. The van der Waals surface area contributed by atoms with Crippen LogP contribution in [0, 0.1) is 6.92 Å². The van der Waals surface area contributed by atoms with Crippen molar-refractivity contribution in [1.29, 1.82) is 0 Å². The second kappa shape index (κ2) is 4.27. The van der Waals surface area contributed by atoms with Gasteiger partial charge in [0.1, 0.15) is 0 Å². The number of aryl methyl sites for hydroxylation is 1. The summed E-state index contributed by atoms with van der Waals surface area (Å²) in [5.41, 5.74) is 1.97. The monoisotopic (exact) mass is 206 g/mol. The Hall–Kier alpha value is -1.62. The van der Waals surface area contributed by atoms with E-state index in [0.717, 1.165) is 11.2 Å². The Balaban J connectivity index is 2.16. The summed E-state index contributed by atoms with van der Waals surface area (Å²) in [5, 5.41) is 15.9. The van der Waals surface area contributed by atoms with Crippen molar-refractivity contribution in [3.63, 3.8) is 0 Å². The number of rotatable bonds is 4. The van der Waals surface area contributed by atoms with Gasteiger partial charge in [-0.25, -0.2) is 4.52 Å². The molecule has 2 aromatic heterocycles. The summed E-state index contributed by atoms with van der Waals surface area (Å²) < 4.78 is 1.75. The van der Waals surface area contributed by atoms with Crippen LogP contribution in [0.3, 0.4) is 0 Å². The molecule has 0 saturated heterocycles. The van der Waals surface area contributed by atoms with Crippen LogP contribution in [-0.2, 0) is 0 Å². The Morgan fingerprint density at radius 2 is 2.33 bits per heavy atom. The molecule has 5 heteroatoms. The molecule has 80 valence electrons. The number of aliphatic hydroxyl groups is 1. The van der Waals surface area contributed by atoms with Gasteiger partial charge in [0.25, 0.3) is 0 Å². The van der Waals surface area contributed by atoms with Crippen LogP contribution >= 0.6 is 0 Å². The van der Waals surface area contributed by atoms with Gasteiger partial charge in [0, 0.05) is 19.3 Å². The third-order valence-corrected chi connectivity index (χ3v) is 2.10. The zero-order valence-corrected chi connectivity index (χ0v) is 8.64. The number of aromatic nitrogens is 3. The number of nitrogens with one attached hydrogen (secondary N) is 1. The van der Waals surface area contributed by atoms with Crippen LogP contribution in [0.4, 0.5) is 5.95 Å². The summed E-state index contributed by atoms with van der Waals surface area (Å²) >= 11 is 0. The lowest BCUT2D eigenvalue weighted by molar-refractivity contribution is 0.292. The normalized spacial score (nSPS) is 10.8. The zero-order chi connectivity index (χ0) is 10.7. The molecule has 15 heavy (non-hydrogen) atoms. The van der Waals surface area contributed by atoms with Crippen molar-refractivity contribution in [2.45, 2.75) is 13.3 Å². The lowest BCUT2D eigenvalue weighted by Crippen LogP contribution is -2.04. The highest BCUT2D eigenvalue weighted by Crippen LogP contribution is 2.06. The highest BCUT2D eigenvalue weighted by atomic mass is 16.3. The average Bonchev–Trinajstić information content (AvgIpc) is 2.60. The van der Waals surface area contributed by atoms with Gasteiger partial charge in [0.05, 0.1) is 0 Å². The van der Waals surface area contributed by atoms with Crippen molar-refractivity contribution in [1.82, 2.24) is 14.6 Å². The smallest absolute Gasteiger partial charge is 0.243 e. The summed E-state index contributed by atoms with van der Waals surface area (Å²) in [6.45, 7) is 2.88. The minimum atomic E-state index is 0.180. The SMILES string of the molecule is Cc1ccc2nc(NCCCO)nn2c1. The second-order valence-corrected chi connectivity index (χ2v) is 3.45. The van der Waals surface area contributed by atoms with E-state index in [-0.39, 0.29) is 6.61 Å². The van der Waals surface area contributed by atoms with E-state index in [1.165, 1.54) is 0 Å². The fourth-order valence-electron chi connectivity index (χ4n) is 1.34. The summed E-state index contributed by atoms with van der Waals surface area (Å²) in [6.07, 6.45) is 2.63. The largest absolute Gasteiger partial charge is 0.396 e. The first-order valence-electron chi connectivity index (χ1n) is 4.97. The quantitative estimate of drug-likeness (QED) is 0.727. The van der Waals surface area contributed by atoms with E-state index in [9.17, 15) is 0 Å². The van der Waals surface area contributed by atoms with Crippen molar-refractivity contribution in [3.05, 3.63) is 23.9 Å². The van der Waals surface area contributed by atoms with Gasteiger partial charge >= 0.3 is 0 Å². The Morgan fingerprint density at radius 3 is 3.13 bits per heavy atom. The van der Waals surface area contributed by atoms with Crippen LogP contribution in [0.1, 0.15) is 12.0 Å². The van der Waals surface area contributed by atoms with E-state index < -0.39 is 0 Å². The molecule has 0 fully saturated rings. The highest BCUT2D eigenvalue weighted by Gasteiger charge is 2.01. The number of nitrogens with zero attached hydrogens (tertiary/aromatic N) is 3. The Kier molecular flexibility index (Phi) is 2.82. The molecular weight excluding hydrogens is 192 g/mol. The minimum absolute atomic E-state index is 0.180. The number of fused-ring (bicyclic) bond motifs is 1. The molecule has 0 atom stereocenters. The van der Waals surface area contributed by atoms with Crippen LogP contribution in [0.2, 0.25) is 0 Å². The molecule has 2 rings (SSSR count). The minimum Gasteiger partial charge on any atom is -0.396 e. The first-order valence-corrected chi connectivity index (χ1v) is 4.97. The van der Waals surface area contributed by atoms with Crippen molar-refractivity contribution in [2.75, 3.05) is 18.5 Å². The lowest BCUT2D eigenvalue weighted by atomic mass is 10.3. The molecule has 0 unspecified atom stereocenters. The van der Waals surface area contributed by atoms with Crippen molar-refractivity contribution < 1.29 is 5.11 Å². The van der Waals surface area contributed by atoms with Gasteiger partial charge in [-0.2, -0.15) is 4.98 Å². The molecule has 0 aliphatic carbocycles. The van der Waals surface area contributed by atoms with Crippen molar-refractivity contribution in [3.8, 4) is 0 Å². The third kappa shape index (κ3) is 2.24. The van der Waals surface area contributed by atoms with Crippen LogP contribution in [0.15, 0.2) is 18.3 Å². The summed E-state index contributed by atoms with van der Waals surface area (Å²) in [4.78, 5) is 4.28.